The van der Waals surface area contributed by atoms with Crippen LogP contribution in [0.25, 0.3) is 0 Å². The van der Waals surface area contributed by atoms with Gasteiger partial charge in [0, 0.05) is 30.7 Å². The second-order valence-corrected chi connectivity index (χ2v) is 3.43. The summed E-state index contributed by atoms with van der Waals surface area (Å²) < 4.78 is 1.85. The maximum atomic E-state index is 5.90. The number of hydrogen-bond donors (Lipinski definition) is 1. The van der Waals surface area contributed by atoms with Crippen LogP contribution in [0.5, 0.6) is 0 Å². The first-order valence-electron chi connectivity index (χ1n) is 4.48. The van der Waals surface area contributed by atoms with Gasteiger partial charge in [0.1, 0.15) is 11.5 Å². The molecule has 2 heterocycles. The topological polar surface area (TPSA) is 69.6 Å². The molecule has 0 bridgehead atoms. The number of anilines is 1. The summed E-state index contributed by atoms with van der Waals surface area (Å²) in [5.74, 6) is 0.503. The van der Waals surface area contributed by atoms with E-state index in [0.29, 0.717) is 11.1 Å². The number of halogens is 1. The Labute approximate surface area is 91.9 Å². The van der Waals surface area contributed by atoms with Gasteiger partial charge in [-0.25, -0.2) is 15.0 Å². The molecular weight excluding hydrogens is 214 g/mol. The Bertz CT molecular complexity index is 453. The molecule has 0 unspecified atom stereocenters. The van der Waals surface area contributed by atoms with Gasteiger partial charge in [0.2, 0.25) is 0 Å². The van der Waals surface area contributed by atoms with E-state index in [9.17, 15) is 0 Å². The van der Waals surface area contributed by atoms with Gasteiger partial charge in [0.15, 0.2) is 5.95 Å². The van der Waals surface area contributed by atoms with Crippen molar-refractivity contribution in [1.29, 1.82) is 0 Å². The van der Waals surface area contributed by atoms with Gasteiger partial charge in [-0.3, -0.25) is 0 Å². The van der Waals surface area contributed by atoms with Crippen molar-refractivity contribution in [2.45, 2.75) is 13.0 Å². The maximum absolute atomic E-state index is 5.90. The maximum Gasteiger partial charge on any atom is 0.200 e. The zero-order valence-corrected chi connectivity index (χ0v) is 8.72. The molecule has 5 nitrogen and oxygen atoms in total. The lowest BCUT2D eigenvalue weighted by atomic mass is 10.2. The van der Waals surface area contributed by atoms with Crippen molar-refractivity contribution in [2.24, 2.45) is 0 Å². The number of aromatic nitrogens is 4. The van der Waals surface area contributed by atoms with Crippen LogP contribution in [-0.2, 0) is 13.0 Å². The van der Waals surface area contributed by atoms with E-state index < -0.39 is 0 Å². The number of aryl methyl sites for hydroxylation is 2. The molecule has 2 aromatic rings. The zero-order valence-electron chi connectivity index (χ0n) is 7.97. The monoisotopic (exact) mass is 223 g/mol. The smallest absolute Gasteiger partial charge is 0.200 e. The quantitative estimate of drug-likeness (QED) is 0.793. The molecule has 0 aliphatic carbocycles. The predicted molar refractivity (Wildman–Crippen MR) is 57.4 cm³/mol. The summed E-state index contributed by atoms with van der Waals surface area (Å²) >= 11 is 5.90. The minimum absolute atomic E-state index is 0.490. The largest absolute Gasteiger partial charge is 0.369 e. The Kier molecular flexibility index (Phi) is 2.82. The number of nitrogens with zero attached hydrogens (tertiary/aromatic N) is 4. The van der Waals surface area contributed by atoms with Crippen molar-refractivity contribution in [3.8, 4) is 0 Å². The fourth-order valence-corrected chi connectivity index (χ4v) is 1.47. The summed E-state index contributed by atoms with van der Waals surface area (Å²) in [7, 11) is 0. The molecule has 78 valence electrons. The molecule has 0 aromatic carbocycles. The first-order chi connectivity index (χ1) is 7.27. The third kappa shape index (κ3) is 2.24. The molecule has 0 aliphatic rings. The van der Waals surface area contributed by atoms with E-state index in [2.05, 4.69) is 15.0 Å². The van der Waals surface area contributed by atoms with Crippen LogP contribution in [0.1, 0.15) is 5.56 Å². The third-order valence-electron chi connectivity index (χ3n) is 2.10. The van der Waals surface area contributed by atoms with E-state index in [1.54, 1.807) is 12.4 Å². The first-order valence-corrected chi connectivity index (χ1v) is 4.86. The molecule has 0 spiro atoms. The summed E-state index contributed by atoms with van der Waals surface area (Å²) in [4.78, 5) is 11.7. The molecule has 2 rings (SSSR count). The second-order valence-electron chi connectivity index (χ2n) is 3.07. The Balaban J connectivity index is 2.06. The fourth-order valence-electron chi connectivity index (χ4n) is 1.28. The van der Waals surface area contributed by atoms with Crippen LogP contribution < -0.4 is 5.73 Å². The fraction of sp³-hybridized carbons (Fsp3) is 0.222. The van der Waals surface area contributed by atoms with Gasteiger partial charge in [-0.1, -0.05) is 11.6 Å². The molecule has 0 aliphatic heterocycles. The van der Waals surface area contributed by atoms with Crippen molar-refractivity contribution in [3.05, 3.63) is 35.6 Å². The van der Waals surface area contributed by atoms with Gasteiger partial charge in [-0.05, 0) is 6.42 Å². The Hall–Kier alpha value is -1.62. The molecule has 6 heteroatoms. The van der Waals surface area contributed by atoms with Gasteiger partial charge in [0.25, 0.3) is 0 Å². The van der Waals surface area contributed by atoms with Crippen LogP contribution in [0.2, 0.25) is 5.15 Å². The van der Waals surface area contributed by atoms with Crippen LogP contribution in [0.3, 0.4) is 0 Å². The molecule has 0 amide bonds. The van der Waals surface area contributed by atoms with Crippen LogP contribution >= 0.6 is 11.6 Å². The molecule has 0 saturated carbocycles. The number of imidazole rings is 1. The second kappa shape index (κ2) is 4.27. The normalized spacial score (nSPS) is 10.5. The summed E-state index contributed by atoms with van der Waals surface area (Å²) in [6.07, 6.45) is 7.37. The van der Waals surface area contributed by atoms with Gasteiger partial charge in [-0.2, -0.15) is 0 Å². The van der Waals surface area contributed by atoms with Crippen LogP contribution in [0.4, 0.5) is 5.95 Å². The van der Waals surface area contributed by atoms with Gasteiger partial charge < -0.3 is 10.3 Å². The number of hydrogen-bond acceptors (Lipinski definition) is 4. The molecule has 0 atom stereocenters. The molecule has 2 N–H and O–H groups in total. The minimum atomic E-state index is 0.490. The Morgan fingerprint density at radius 2 is 2.27 bits per heavy atom. The van der Waals surface area contributed by atoms with E-state index >= 15 is 0 Å². The summed E-state index contributed by atoms with van der Waals surface area (Å²) in [5.41, 5.74) is 6.54. The molecule has 2 aromatic heterocycles. The van der Waals surface area contributed by atoms with Crippen LogP contribution in [-0.4, -0.2) is 19.5 Å². The van der Waals surface area contributed by atoms with E-state index in [0.717, 1.165) is 18.5 Å². The standard InChI is InChI=1S/C9H10ClN5/c10-8-7(5-12-6-14-8)1-3-15-4-2-13-9(15)11/h2,4-6H,1,3H2,(H2,11,13). The van der Waals surface area contributed by atoms with Gasteiger partial charge in [-0.15, -0.1) is 0 Å². The van der Waals surface area contributed by atoms with Crippen LogP contribution in [0, 0.1) is 0 Å². The average molecular weight is 224 g/mol. The highest BCUT2D eigenvalue weighted by Crippen LogP contribution is 2.12. The highest BCUT2D eigenvalue weighted by Gasteiger charge is 2.02. The number of nitrogens with two attached hydrogens (primary N) is 1. The molecule has 15 heavy (non-hydrogen) atoms. The van der Waals surface area contributed by atoms with Crippen molar-refractivity contribution >= 4 is 17.5 Å². The highest BCUT2D eigenvalue weighted by molar-refractivity contribution is 6.30. The van der Waals surface area contributed by atoms with Gasteiger partial charge >= 0.3 is 0 Å². The minimum Gasteiger partial charge on any atom is -0.369 e. The van der Waals surface area contributed by atoms with E-state index in [1.165, 1.54) is 6.33 Å². The third-order valence-corrected chi connectivity index (χ3v) is 2.44. The average Bonchev–Trinajstić information content (AvgIpc) is 2.63. The number of nitrogen functional groups attached to an aromatic ring is 1. The molecular formula is C9H10ClN5. The molecule has 0 saturated heterocycles. The van der Waals surface area contributed by atoms with E-state index in [1.807, 2.05) is 10.8 Å². The van der Waals surface area contributed by atoms with Crippen molar-refractivity contribution in [3.63, 3.8) is 0 Å². The van der Waals surface area contributed by atoms with Crippen LogP contribution in [0.15, 0.2) is 24.9 Å². The van der Waals surface area contributed by atoms with E-state index in [4.69, 9.17) is 17.3 Å². The van der Waals surface area contributed by atoms with Crippen molar-refractivity contribution in [2.75, 3.05) is 5.73 Å². The van der Waals surface area contributed by atoms with Crippen molar-refractivity contribution in [1.82, 2.24) is 19.5 Å². The lowest BCUT2D eigenvalue weighted by Gasteiger charge is -2.04. The zero-order chi connectivity index (χ0) is 10.7. The Morgan fingerprint density at radius 1 is 1.40 bits per heavy atom. The lowest BCUT2D eigenvalue weighted by Crippen LogP contribution is -2.05. The predicted octanol–water partition coefficient (Wildman–Crippen LogP) is 1.15. The highest BCUT2D eigenvalue weighted by atomic mass is 35.5. The summed E-state index contributed by atoms with van der Waals surface area (Å²) in [6.45, 7) is 0.721. The van der Waals surface area contributed by atoms with Gasteiger partial charge in [0.05, 0.1) is 0 Å². The number of rotatable bonds is 3. The summed E-state index contributed by atoms with van der Waals surface area (Å²) in [6, 6.07) is 0. The van der Waals surface area contributed by atoms with Crippen molar-refractivity contribution < 1.29 is 0 Å². The Morgan fingerprint density at radius 3 is 2.93 bits per heavy atom. The molecule has 0 radical (unpaired) electrons. The lowest BCUT2D eigenvalue weighted by molar-refractivity contribution is 0.702. The SMILES string of the molecule is Nc1nccn1CCc1cncnc1Cl. The summed E-state index contributed by atoms with van der Waals surface area (Å²) in [5, 5.41) is 0.490. The molecule has 0 fully saturated rings. The first kappa shape index (κ1) is 9.92. The van der Waals surface area contributed by atoms with E-state index in [-0.39, 0.29) is 0 Å².